The SMILES string of the molecule is O=C(O)C1=Cc2ncc(Cl)cc2C1. The second-order valence-corrected chi connectivity index (χ2v) is 3.29. The molecule has 4 heteroatoms. The Labute approximate surface area is 79.7 Å². The van der Waals surface area contributed by atoms with E-state index in [0.29, 0.717) is 22.7 Å². The van der Waals surface area contributed by atoms with Crippen molar-refractivity contribution in [3.63, 3.8) is 0 Å². The molecule has 1 aromatic rings. The summed E-state index contributed by atoms with van der Waals surface area (Å²) in [7, 11) is 0. The van der Waals surface area contributed by atoms with Crippen molar-refractivity contribution in [1.82, 2.24) is 4.98 Å². The first kappa shape index (κ1) is 8.26. The molecular weight excluding hydrogens is 190 g/mol. The number of halogens is 1. The Bertz CT molecular complexity index is 412. The molecule has 0 radical (unpaired) electrons. The van der Waals surface area contributed by atoms with Crippen LogP contribution in [-0.2, 0) is 11.2 Å². The van der Waals surface area contributed by atoms with Crippen molar-refractivity contribution in [3.8, 4) is 0 Å². The van der Waals surface area contributed by atoms with E-state index < -0.39 is 5.97 Å². The van der Waals surface area contributed by atoms with Crippen LogP contribution in [0.15, 0.2) is 17.8 Å². The highest BCUT2D eigenvalue weighted by Gasteiger charge is 2.18. The van der Waals surface area contributed by atoms with Gasteiger partial charge in [0.2, 0.25) is 0 Å². The number of pyridine rings is 1. The van der Waals surface area contributed by atoms with E-state index in [1.165, 1.54) is 6.20 Å². The summed E-state index contributed by atoms with van der Waals surface area (Å²) in [6.07, 6.45) is 3.51. The minimum atomic E-state index is -0.894. The van der Waals surface area contributed by atoms with E-state index >= 15 is 0 Å². The summed E-state index contributed by atoms with van der Waals surface area (Å²) >= 11 is 5.72. The van der Waals surface area contributed by atoms with Gasteiger partial charge in [0.25, 0.3) is 0 Å². The third-order valence-electron chi connectivity index (χ3n) is 1.93. The molecular formula is C9H6ClNO2. The monoisotopic (exact) mass is 195 g/mol. The van der Waals surface area contributed by atoms with Crippen LogP contribution in [0, 0.1) is 0 Å². The molecule has 1 aliphatic carbocycles. The summed E-state index contributed by atoms with van der Waals surface area (Å²) in [5.74, 6) is -0.894. The van der Waals surface area contributed by atoms with Gasteiger partial charge in [0.1, 0.15) is 0 Å². The van der Waals surface area contributed by atoms with Crippen molar-refractivity contribution in [2.24, 2.45) is 0 Å². The van der Waals surface area contributed by atoms with Crippen molar-refractivity contribution in [3.05, 3.63) is 34.1 Å². The summed E-state index contributed by atoms with van der Waals surface area (Å²) in [4.78, 5) is 14.6. The number of hydrogen-bond donors (Lipinski definition) is 1. The molecule has 2 rings (SSSR count). The number of carbonyl (C=O) groups is 1. The molecule has 0 amide bonds. The zero-order chi connectivity index (χ0) is 9.42. The highest BCUT2D eigenvalue weighted by atomic mass is 35.5. The lowest BCUT2D eigenvalue weighted by molar-refractivity contribution is -0.132. The molecule has 13 heavy (non-hydrogen) atoms. The second-order valence-electron chi connectivity index (χ2n) is 2.85. The van der Waals surface area contributed by atoms with Gasteiger partial charge in [0, 0.05) is 18.2 Å². The zero-order valence-electron chi connectivity index (χ0n) is 6.62. The van der Waals surface area contributed by atoms with E-state index in [4.69, 9.17) is 16.7 Å². The van der Waals surface area contributed by atoms with Crippen LogP contribution in [0.5, 0.6) is 0 Å². The van der Waals surface area contributed by atoms with Gasteiger partial charge < -0.3 is 5.11 Å². The average Bonchev–Trinajstić information content (AvgIpc) is 2.46. The van der Waals surface area contributed by atoms with Crippen molar-refractivity contribution in [2.75, 3.05) is 0 Å². The highest BCUT2D eigenvalue weighted by Crippen LogP contribution is 2.25. The van der Waals surface area contributed by atoms with Crippen LogP contribution in [0.1, 0.15) is 11.3 Å². The summed E-state index contributed by atoms with van der Waals surface area (Å²) < 4.78 is 0. The summed E-state index contributed by atoms with van der Waals surface area (Å²) in [5.41, 5.74) is 1.96. The summed E-state index contributed by atoms with van der Waals surface area (Å²) in [6, 6.07) is 1.75. The fourth-order valence-corrected chi connectivity index (χ4v) is 1.50. The maximum atomic E-state index is 10.6. The van der Waals surface area contributed by atoms with Gasteiger partial charge in [-0.15, -0.1) is 0 Å². The van der Waals surface area contributed by atoms with Gasteiger partial charge >= 0.3 is 5.97 Å². The fraction of sp³-hybridized carbons (Fsp3) is 0.111. The molecule has 66 valence electrons. The number of carboxylic acids is 1. The highest BCUT2D eigenvalue weighted by molar-refractivity contribution is 6.30. The maximum absolute atomic E-state index is 10.6. The van der Waals surface area contributed by atoms with Gasteiger partial charge in [-0.25, -0.2) is 4.79 Å². The molecule has 0 aliphatic heterocycles. The third-order valence-corrected chi connectivity index (χ3v) is 2.14. The lowest BCUT2D eigenvalue weighted by atomic mass is 10.2. The molecule has 0 saturated carbocycles. The number of fused-ring (bicyclic) bond motifs is 1. The largest absolute Gasteiger partial charge is 0.478 e. The van der Waals surface area contributed by atoms with Gasteiger partial charge in [-0.3, -0.25) is 4.98 Å². The van der Waals surface area contributed by atoms with E-state index in [1.54, 1.807) is 12.1 Å². The van der Waals surface area contributed by atoms with E-state index in [0.717, 1.165) is 5.56 Å². The quantitative estimate of drug-likeness (QED) is 0.743. The molecule has 0 spiro atoms. The smallest absolute Gasteiger partial charge is 0.331 e. The topological polar surface area (TPSA) is 50.2 Å². The van der Waals surface area contributed by atoms with Crippen molar-refractivity contribution in [1.29, 1.82) is 0 Å². The predicted molar refractivity (Wildman–Crippen MR) is 48.6 cm³/mol. The summed E-state index contributed by atoms with van der Waals surface area (Å²) in [5, 5.41) is 9.27. The van der Waals surface area contributed by atoms with Crippen LogP contribution in [0.3, 0.4) is 0 Å². The van der Waals surface area contributed by atoms with Gasteiger partial charge in [0.05, 0.1) is 10.7 Å². The molecule has 1 N–H and O–H groups in total. The number of aromatic nitrogens is 1. The Balaban J connectivity index is 2.41. The van der Waals surface area contributed by atoms with Crippen molar-refractivity contribution >= 4 is 23.6 Å². The molecule has 0 fully saturated rings. The van der Waals surface area contributed by atoms with Crippen LogP contribution >= 0.6 is 11.6 Å². The lowest BCUT2D eigenvalue weighted by Gasteiger charge is -1.96. The van der Waals surface area contributed by atoms with Crippen LogP contribution in [0.2, 0.25) is 5.02 Å². The first-order valence-electron chi connectivity index (χ1n) is 3.75. The van der Waals surface area contributed by atoms with Crippen LogP contribution in [0.4, 0.5) is 0 Å². The average molecular weight is 196 g/mol. The van der Waals surface area contributed by atoms with Crippen molar-refractivity contribution in [2.45, 2.75) is 6.42 Å². The molecule has 0 bridgehead atoms. The van der Waals surface area contributed by atoms with E-state index in [1.807, 2.05) is 0 Å². The molecule has 0 aromatic carbocycles. The second kappa shape index (κ2) is 2.85. The normalized spacial score (nSPS) is 13.8. The Morgan fingerprint density at radius 2 is 2.38 bits per heavy atom. The Morgan fingerprint density at radius 3 is 3.08 bits per heavy atom. The fourth-order valence-electron chi connectivity index (χ4n) is 1.32. The van der Waals surface area contributed by atoms with Crippen LogP contribution in [-0.4, -0.2) is 16.1 Å². The molecule has 1 aromatic heterocycles. The van der Waals surface area contributed by atoms with E-state index in [9.17, 15) is 4.79 Å². The molecule has 3 nitrogen and oxygen atoms in total. The van der Waals surface area contributed by atoms with Gasteiger partial charge in [0.15, 0.2) is 0 Å². The third kappa shape index (κ3) is 1.42. The van der Waals surface area contributed by atoms with Crippen molar-refractivity contribution < 1.29 is 9.90 Å². The Morgan fingerprint density at radius 1 is 1.62 bits per heavy atom. The Kier molecular flexibility index (Phi) is 1.81. The predicted octanol–water partition coefficient (Wildman–Crippen LogP) is 1.76. The van der Waals surface area contributed by atoms with E-state index in [2.05, 4.69) is 4.98 Å². The van der Waals surface area contributed by atoms with Crippen LogP contribution < -0.4 is 0 Å². The zero-order valence-corrected chi connectivity index (χ0v) is 7.38. The molecule has 0 unspecified atom stereocenters. The number of hydrogen-bond acceptors (Lipinski definition) is 2. The number of aliphatic carboxylic acids is 1. The first-order chi connectivity index (χ1) is 6.16. The minimum Gasteiger partial charge on any atom is -0.478 e. The molecule has 0 atom stereocenters. The van der Waals surface area contributed by atoms with Crippen LogP contribution in [0.25, 0.3) is 6.08 Å². The van der Waals surface area contributed by atoms with Gasteiger partial charge in [-0.2, -0.15) is 0 Å². The lowest BCUT2D eigenvalue weighted by Crippen LogP contribution is -1.99. The Hall–Kier alpha value is -1.35. The van der Waals surface area contributed by atoms with Gasteiger partial charge in [-0.1, -0.05) is 11.6 Å². The minimum absolute atomic E-state index is 0.366. The van der Waals surface area contributed by atoms with E-state index in [-0.39, 0.29) is 0 Å². The molecule has 0 saturated heterocycles. The number of rotatable bonds is 1. The maximum Gasteiger partial charge on any atom is 0.331 e. The summed E-state index contributed by atoms with van der Waals surface area (Å²) in [6.45, 7) is 0. The first-order valence-corrected chi connectivity index (χ1v) is 4.13. The standard InChI is InChI=1S/C9H6ClNO2/c10-7-2-5-1-6(9(12)13)3-8(5)11-4-7/h2-4H,1H2,(H,12,13). The van der Waals surface area contributed by atoms with Gasteiger partial charge in [-0.05, 0) is 17.7 Å². The molecule has 1 aliphatic rings. The number of carboxylic acid groups (broad SMARTS) is 1. The number of nitrogens with zero attached hydrogens (tertiary/aromatic N) is 1. The molecule has 1 heterocycles.